The first kappa shape index (κ1) is 11.9. The minimum atomic E-state index is -0.236. The van der Waals surface area contributed by atoms with Crippen molar-refractivity contribution in [3.63, 3.8) is 0 Å². The Hall–Kier alpha value is -1.16. The molecule has 15 heavy (non-hydrogen) atoms. The molecule has 0 aliphatic carbocycles. The number of nitrogens with two attached hydrogens (primary N) is 1. The molecule has 2 N–H and O–H groups in total. The number of hydrogen-bond donors (Lipinski definition) is 1. The van der Waals surface area contributed by atoms with E-state index in [-0.39, 0.29) is 11.2 Å². The molecule has 4 heteroatoms. The van der Waals surface area contributed by atoms with Gasteiger partial charge in [0.1, 0.15) is 5.25 Å². The number of methoxy groups -OCH3 is 1. The maximum absolute atomic E-state index is 11.2. The summed E-state index contributed by atoms with van der Waals surface area (Å²) in [6.45, 7) is 3.78. The van der Waals surface area contributed by atoms with E-state index in [1.807, 2.05) is 25.1 Å². The van der Waals surface area contributed by atoms with Crippen LogP contribution in [0.15, 0.2) is 23.1 Å². The van der Waals surface area contributed by atoms with Crippen molar-refractivity contribution >= 4 is 23.4 Å². The third kappa shape index (κ3) is 3.16. The highest BCUT2D eigenvalue weighted by Gasteiger charge is 2.15. The normalized spacial score (nSPS) is 12.2. The Balaban J connectivity index is 2.76. The van der Waals surface area contributed by atoms with Crippen LogP contribution >= 0.6 is 11.8 Å². The van der Waals surface area contributed by atoms with Gasteiger partial charge in [-0.15, -0.1) is 11.8 Å². The highest BCUT2D eigenvalue weighted by Crippen LogP contribution is 2.29. The summed E-state index contributed by atoms with van der Waals surface area (Å²) in [7, 11) is 1.39. The molecule has 0 heterocycles. The molecule has 1 unspecified atom stereocenters. The van der Waals surface area contributed by atoms with Gasteiger partial charge in [0.2, 0.25) is 0 Å². The molecule has 0 amide bonds. The molecule has 3 nitrogen and oxygen atoms in total. The van der Waals surface area contributed by atoms with Gasteiger partial charge in [-0.05, 0) is 31.5 Å². The van der Waals surface area contributed by atoms with Crippen molar-refractivity contribution in [3.05, 3.63) is 23.8 Å². The Morgan fingerprint density at radius 3 is 2.73 bits per heavy atom. The van der Waals surface area contributed by atoms with Crippen LogP contribution in [0, 0.1) is 6.92 Å². The van der Waals surface area contributed by atoms with Gasteiger partial charge in [-0.3, -0.25) is 4.79 Å². The van der Waals surface area contributed by atoms with Gasteiger partial charge in [0.15, 0.2) is 0 Å². The number of thioether (sulfide) groups is 1. The predicted molar refractivity (Wildman–Crippen MR) is 62.9 cm³/mol. The summed E-state index contributed by atoms with van der Waals surface area (Å²) in [5.41, 5.74) is 7.66. The van der Waals surface area contributed by atoms with Gasteiger partial charge in [0.25, 0.3) is 0 Å². The van der Waals surface area contributed by atoms with E-state index in [1.54, 1.807) is 6.92 Å². The van der Waals surface area contributed by atoms with Crippen LogP contribution in [0.2, 0.25) is 0 Å². The van der Waals surface area contributed by atoms with E-state index < -0.39 is 0 Å². The molecular weight excluding hydrogens is 210 g/mol. The van der Waals surface area contributed by atoms with Crippen LogP contribution in [0.1, 0.15) is 12.5 Å². The van der Waals surface area contributed by atoms with Gasteiger partial charge in [0, 0.05) is 10.6 Å². The number of hydrogen-bond acceptors (Lipinski definition) is 4. The molecule has 0 aliphatic heterocycles. The number of esters is 1. The monoisotopic (exact) mass is 225 g/mol. The average Bonchev–Trinajstić information content (AvgIpc) is 2.20. The van der Waals surface area contributed by atoms with E-state index in [2.05, 4.69) is 4.74 Å². The molecular formula is C11H15NO2S. The van der Waals surface area contributed by atoms with Crippen LogP contribution in [0.25, 0.3) is 0 Å². The Labute approximate surface area is 94.0 Å². The topological polar surface area (TPSA) is 52.3 Å². The van der Waals surface area contributed by atoms with Crippen molar-refractivity contribution < 1.29 is 9.53 Å². The summed E-state index contributed by atoms with van der Waals surface area (Å²) in [6, 6.07) is 5.80. The molecule has 0 saturated carbocycles. The molecule has 82 valence electrons. The van der Waals surface area contributed by atoms with Gasteiger partial charge in [-0.1, -0.05) is 6.07 Å². The van der Waals surface area contributed by atoms with Crippen LogP contribution in [0.3, 0.4) is 0 Å². The zero-order valence-corrected chi connectivity index (χ0v) is 9.93. The van der Waals surface area contributed by atoms with E-state index in [0.717, 1.165) is 10.5 Å². The summed E-state index contributed by atoms with van der Waals surface area (Å²) >= 11 is 1.41. The molecule has 0 fully saturated rings. The Kier molecular flexibility index (Phi) is 4.03. The van der Waals surface area contributed by atoms with Gasteiger partial charge in [-0.2, -0.15) is 0 Å². The van der Waals surface area contributed by atoms with E-state index in [1.165, 1.54) is 18.9 Å². The van der Waals surface area contributed by atoms with Crippen molar-refractivity contribution in [2.75, 3.05) is 12.8 Å². The van der Waals surface area contributed by atoms with Crippen LogP contribution in [-0.4, -0.2) is 18.3 Å². The third-order valence-electron chi connectivity index (χ3n) is 2.00. The fraction of sp³-hybridized carbons (Fsp3) is 0.364. The SMILES string of the molecule is COC(=O)C(C)Sc1ccc(C)cc1N. The highest BCUT2D eigenvalue weighted by atomic mass is 32.2. The van der Waals surface area contributed by atoms with Gasteiger partial charge in [-0.25, -0.2) is 0 Å². The number of rotatable bonds is 3. The first-order chi connectivity index (χ1) is 7.04. The standard InChI is InChI=1S/C11H15NO2S/c1-7-4-5-10(9(12)6-7)15-8(2)11(13)14-3/h4-6,8H,12H2,1-3H3. The molecule has 1 rings (SSSR count). The van der Waals surface area contributed by atoms with Gasteiger partial charge >= 0.3 is 5.97 Å². The molecule has 0 aromatic heterocycles. The highest BCUT2D eigenvalue weighted by molar-refractivity contribution is 8.00. The van der Waals surface area contributed by atoms with Gasteiger partial charge in [0.05, 0.1) is 7.11 Å². The lowest BCUT2D eigenvalue weighted by molar-refractivity contribution is -0.139. The number of nitrogen functional groups attached to an aromatic ring is 1. The van der Waals surface area contributed by atoms with Crippen LogP contribution < -0.4 is 5.73 Å². The van der Waals surface area contributed by atoms with E-state index in [4.69, 9.17) is 5.73 Å². The van der Waals surface area contributed by atoms with Crippen molar-refractivity contribution in [2.24, 2.45) is 0 Å². The molecule has 0 spiro atoms. The third-order valence-corrected chi connectivity index (χ3v) is 3.17. The van der Waals surface area contributed by atoms with Gasteiger partial charge < -0.3 is 10.5 Å². The number of ether oxygens (including phenoxy) is 1. The van der Waals surface area contributed by atoms with Crippen molar-refractivity contribution in [2.45, 2.75) is 24.0 Å². The second kappa shape index (κ2) is 5.07. The molecule has 0 radical (unpaired) electrons. The lowest BCUT2D eigenvalue weighted by atomic mass is 10.2. The van der Waals surface area contributed by atoms with Crippen molar-refractivity contribution in [1.29, 1.82) is 0 Å². The molecule has 1 aromatic carbocycles. The Bertz CT molecular complexity index is 366. The molecule has 0 saturated heterocycles. The smallest absolute Gasteiger partial charge is 0.318 e. The average molecular weight is 225 g/mol. The largest absolute Gasteiger partial charge is 0.468 e. The molecule has 1 atom stereocenters. The van der Waals surface area contributed by atoms with E-state index in [9.17, 15) is 4.79 Å². The van der Waals surface area contributed by atoms with Crippen molar-refractivity contribution in [3.8, 4) is 0 Å². The summed E-state index contributed by atoms with van der Waals surface area (Å²) in [5.74, 6) is -0.236. The predicted octanol–water partition coefficient (Wildman–Crippen LogP) is 2.23. The number of carbonyl (C=O) groups excluding carboxylic acids is 1. The maximum atomic E-state index is 11.2. The number of aryl methyl sites for hydroxylation is 1. The summed E-state index contributed by atoms with van der Waals surface area (Å²) in [4.78, 5) is 12.1. The zero-order chi connectivity index (χ0) is 11.4. The maximum Gasteiger partial charge on any atom is 0.318 e. The summed E-state index contributed by atoms with van der Waals surface area (Å²) in [6.07, 6.45) is 0. The van der Waals surface area contributed by atoms with Crippen molar-refractivity contribution in [1.82, 2.24) is 0 Å². The second-order valence-corrected chi connectivity index (χ2v) is 4.71. The fourth-order valence-electron chi connectivity index (χ4n) is 1.18. The minimum Gasteiger partial charge on any atom is -0.468 e. The van der Waals surface area contributed by atoms with Crippen LogP contribution in [-0.2, 0) is 9.53 Å². The quantitative estimate of drug-likeness (QED) is 0.487. The first-order valence-electron chi connectivity index (χ1n) is 4.65. The Morgan fingerprint density at radius 1 is 1.53 bits per heavy atom. The molecule has 0 bridgehead atoms. The fourth-order valence-corrected chi connectivity index (χ4v) is 2.09. The van der Waals surface area contributed by atoms with E-state index in [0.29, 0.717) is 5.69 Å². The zero-order valence-electron chi connectivity index (χ0n) is 9.11. The lowest BCUT2D eigenvalue weighted by Gasteiger charge is -2.10. The van der Waals surface area contributed by atoms with E-state index >= 15 is 0 Å². The summed E-state index contributed by atoms with van der Waals surface area (Å²) < 4.78 is 4.65. The summed E-state index contributed by atoms with van der Waals surface area (Å²) in [5, 5.41) is -0.236. The van der Waals surface area contributed by atoms with Crippen LogP contribution in [0.4, 0.5) is 5.69 Å². The second-order valence-electron chi connectivity index (χ2n) is 3.32. The minimum absolute atomic E-state index is 0.236. The Morgan fingerprint density at radius 2 is 2.20 bits per heavy atom. The number of carbonyl (C=O) groups is 1. The molecule has 0 aliphatic rings. The van der Waals surface area contributed by atoms with Crippen LogP contribution in [0.5, 0.6) is 0 Å². The molecule has 1 aromatic rings. The number of anilines is 1. The number of benzene rings is 1. The first-order valence-corrected chi connectivity index (χ1v) is 5.53. The lowest BCUT2D eigenvalue weighted by Crippen LogP contribution is -2.14.